The lowest BCUT2D eigenvalue weighted by molar-refractivity contribution is -0.131. The van der Waals surface area contributed by atoms with Crippen molar-refractivity contribution in [2.45, 2.75) is 20.8 Å². The van der Waals surface area contributed by atoms with Gasteiger partial charge in [0.15, 0.2) is 11.5 Å². The minimum absolute atomic E-state index is 0.0661. The first-order valence-electron chi connectivity index (χ1n) is 7.59. The largest absolute Gasteiger partial charge is 0.492 e. The number of likely N-dealkylation sites (N-methyl/N-ethyl adjacent to an activating group) is 1. The van der Waals surface area contributed by atoms with Crippen LogP contribution < -0.4 is 20.5 Å². The predicted molar refractivity (Wildman–Crippen MR) is 88.8 cm³/mol. The lowest BCUT2D eigenvalue weighted by Gasteiger charge is -2.19. The summed E-state index contributed by atoms with van der Waals surface area (Å²) < 4.78 is 10.3. The van der Waals surface area contributed by atoms with Gasteiger partial charge in [-0.25, -0.2) is 0 Å². The molecule has 0 bridgehead atoms. The molecule has 1 aromatic rings. The van der Waals surface area contributed by atoms with Gasteiger partial charge >= 0.3 is 5.97 Å². The van der Waals surface area contributed by atoms with Crippen LogP contribution in [0.2, 0.25) is 0 Å². The van der Waals surface area contributed by atoms with Crippen molar-refractivity contribution in [3.8, 4) is 11.5 Å². The molecule has 0 aliphatic rings. The van der Waals surface area contributed by atoms with Gasteiger partial charge in [0.1, 0.15) is 0 Å². The fraction of sp³-hybridized carbons (Fsp3) is 0.500. The molecular formula is C16H25N3O4. The Hall–Kier alpha value is -2.28. The third-order valence-electron chi connectivity index (χ3n) is 3.45. The van der Waals surface area contributed by atoms with Crippen LogP contribution in [0.3, 0.4) is 0 Å². The Morgan fingerprint density at radius 2 is 1.87 bits per heavy atom. The first-order valence-corrected chi connectivity index (χ1v) is 7.59. The molecule has 7 heteroatoms. The number of rotatable bonds is 8. The number of nitrogens with two attached hydrogens (primary N) is 1. The minimum Gasteiger partial charge on any atom is -0.492 e. The molecule has 0 atom stereocenters. The van der Waals surface area contributed by atoms with Crippen LogP contribution in [0.5, 0.6) is 11.5 Å². The molecule has 0 aromatic heterocycles. The molecule has 0 heterocycles. The van der Waals surface area contributed by atoms with Crippen LogP contribution in [0.15, 0.2) is 12.1 Å². The van der Waals surface area contributed by atoms with Gasteiger partial charge in [0.25, 0.3) is 5.91 Å². The van der Waals surface area contributed by atoms with E-state index in [4.69, 9.17) is 15.2 Å². The average Bonchev–Trinajstić information content (AvgIpc) is 2.52. The molecule has 0 radical (unpaired) electrons. The van der Waals surface area contributed by atoms with Crippen LogP contribution in [0.1, 0.15) is 31.1 Å². The van der Waals surface area contributed by atoms with Gasteiger partial charge < -0.3 is 25.4 Å². The molecule has 7 nitrogen and oxygen atoms in total. The van der Waals surface area contributed by atoms with Gasteiger partial charge in [-0.2, -0.15) is 0 Å². The monoisotopic (exact) mass is 323 g/mol. The first kappa shape index (κ1) is 18.8. The molecule has 0 aliphatic heterocycles. The fourth-order valence-electron chi connectivity index (χ4n) is 2.17. The fourth-order valence-corrected chi connectivity index (χ4v) is 2.17. The van der Waals surface area contributed by atoms with Gasteiger partial charge in [0.05, 0.1) is 18.4 Å². The van der Waals surface area contributed by atoms with Crippen LogP contribution in [0, 0.1) is 0 Å². The second kappa shape index (κ2) is 8.99. The number of amides is 1. The number of anilines is 1. The zero-order chi connectivity index (χ0) is 17.4. The maximum atomic E-state index is 12.3. The average molecular weight is 323 g/mol. The molecule has 0 unspecified atom stereocenters. The van der Waals surface area contributed by atoms with E-state index in [-0.39, 0.29) is 28.7 Å². The molecule has 0 aliphatic carbocycles. The summed E-state index contributed by atoms with van der Waals surface area (Å²) in [6.45, 7) is 8.52. The first-order chi connectivity index (χ1) is 10.9. The molecule has 0 saturated heterocycles. The Labute approximate surface area is 136 Å². The van der Waals surface area contributed by atoms with Gasteiger partial charge in [-0.3, -0.25) is 9.59 Å². The maximum Gasteiger partial charge on any atom is 0.308 e. The van der Waals surface area contributed by atoms with Gasteiger partial charge in [-0.1, -0.05) is 13.8 Å². The topological polar surface area (TPSA) is 93.9 Å². The Bertz CT molecular complexity index is 557. The van der Waals surface area contributed by atoms with Crippen LogP contribution >= 0.6 is 0 Å². The predicted octanol–water partition coefficient (Wildman–Crippen LogP) is 1.27. The number of nitrogen functional groups attached to an aromatic ring is 1. The summed E-state index contributed by atoms with van der Waals surface area (Å²) in [5.74, 6) is -0.617. The Morgan fingerprint density at radius 3 is 2.39 bits per heavy atom. The number of esters is 1. The van der Waals surface area contributed by atoms with Crippen LogP contribution in [-0.2, 0) is 4.79 Å². The van der Waals surface area contributed by atoms with Crippen molar-refractivity contribution in [1.29, 1.82) is 0 Å². The number of nitrogens with zero attached hydrogens (tertiary/aromatic N) is 1. The number of ether oxygens (including phenoxy) is 2. The summed E-state index contributed by atoms with van der Waals surface area (Å²) in [7, 11) is 1.40. The number of carbonyl (C=O) groups is 2. The third kappa shape index (κ3) is 5.14. The molecular weight excluding hydrogens is 298 g/mol. The Morgan fingerprint density at radius 1 is 1.22 bits per heavy atom. The molecule has 0 saturated carbocycles. The smallest absolute Gasteiger partial charge is 0.308 e. The molecule has 23 heavy (non-hydrogen) atoms. The second-order valence-corrected chi connectivity index (χ2v) is 4.94. The number of hydrogen-bond donors (Lipinski definition) is 2. The van der Waals surface area contributed by atoms with Crippen LogP contribution in [0.4, 0.5) is 5.69 Å². The van der Waals surface area contributed by atoms with Gasteiger partial charge in [0.2, 0.25) is 0 Å². The van der Waals surface area contributed by atoms with Gasteiger partial charge in [0, 0.05) is 20.0 Å². The quantitative estimate of drug-likeness (QED) is 0.425. The summed E-state index contributed by atoms with van der Waals surface area (Å²) in [5, 5.41) is 2.83. The standard InChI is InChI=1S/C16H25N3O4/c1-5-19(6-2)10-9-18-16(21)12-7-8-13(17)15(14(12)22-4)23-11(3)20/h7-8H,5-6,9-10,17H2,1-4H3,(H,18,21). The summed E-state index contributed by atoms with van der Waals surface area (Å²) >= 11 is 0. The van der Waals surface area contributed by atoms with E-state index in [1.165, 1.54) is 20.1 Å². The van der Waals surface area contributed by atoms with Crippen molar-refractivity contribution in [3.05, 3.63) is 17.7 Å². The van der Waals surface area contributed by atoms with Crippen molar-refractivity contribution >= 4 is 17.6 Å². The van der Waals surface area contributed by atoms with E-state index in [0.717, 1.165) is 19.6 Å². The van der Waals surface area contributed by atoms with Crippen molar-refractivity contribution < 1.29 is 19.1 Å². The highest BCUT2D eigenvalue weighted by molar-refractivity contribution is 5.99. The maximum absolute atomic E-state index is 12.3. The lowest BCUT2D eigenvalue weighted by Crippen LogP contribution is -2.35. The highest BCUT2D eigenvalue weighted by Gasteiger charge is 2.20. The number of carbonyl (C=O) groups excluding carboxylic acids is 2. The zero-order valence-corrected chi connectivity index (χ0v) is 14.1. The second-order valence-electron chi connectivity index (χ2n) is 4.94. The van der Waals surface area contributed by atoms with E-state index in [1.54, 1.807) is 6.07 Å². The Balaban J connectivity index is 2.90. The van der Waals surface area contributed by atoms with E-state index in [0.29, 0.717) is 6.54 Å². The molecule has 3 N–H and O–H groups in total. The summed E-state index contributed by atoms with van der Waals surface area (Å²) in [6, 6.07) is 3.06. The van der Waals surface area contributed by atoms with E-state index < -0.39 is 5.97 Å². The zero-order valence-electron chi connectivity index (χ0n) is 14.1. The summed E-state index contributed by atoms with van der Waals surface area (Å²) in [5.41, 5.74) is 6.30. The van der Waals surface area contributed by atoms with Crippen molar-refractivity contribution in [1.82, 2.24) is 10.2 Å². The Kier molecular flexibility index (Phi) is 7.34. The van der Waals surface area contributed by atoms with E-state index in [2.05, 4.69) is 24.1 Å². The van der Waals surface area contributed by atoms with E-state index in [1.807, 2.05) is 0 Å². The van der Waals surface area contributed by atoms with E-state index in [9.17, 15) is 9.59 Å². The highest BCUT2D eigenvalue weighted by Crippen LogP contribution is 2.36. The van der Waals surface area contributed by atoms with Crippen molar-refractivity contribution in [2.24, 2.45) is 0 Å². The molecule has 1 amide bonds. The van der Waals surface area contributed by atoms with E-state index >= 15 is 0 Å². The number of nitrogens with one attached hydrogen (secondary N) is 1. The van der Waals surface area contributed by atoms with Crippen molar-refractivity contribution in [2.75, 3.05) is 39.0 Å². The summed E-state index contributed by atoms with van der Waals surface area (Å²) in [6.07, 6.45) is 0. The molecule has 0 spiro atoms. The number of hydrogen-bond acceptors (Lipinski definition) is 6. The lowest BCUT2D eigenvalue weighted by atomic mass is 10.1. The molecule has 0 fully saturated rings. The van der Waals surface area contributed by atoms with Crippen LogP contribution in [0.25, 0.3) is 0 Å². The number of benzene rings is 1. The number of methoxy groups -OCH3 is 1. The molecule has 1 rings (SSSR count). The van der Waals surface area contributed by atoms with Crippen LogP contribution in [-0.4, -0.2) is 50.1 Å². The highest BCUT2D eigenvalue weighted by atomic mass is 16.6. The van der Waals surface area contributed by atoms with Crippen molar-refractivity contribution in [3.63, 3.8) is 0 Å². The summed E-state index contributed by atoms with van der Waals surface area (Å²) in [4.78, 5) is 25.7. The van der Waals surface area contributed by atoms with Gasteiger partial charge in [-0.15, -0.1) is 0 Å². The minimum atomic E-state index is -0.533. The normalized spacial score (nSPS) is 10.5. The molecule has 1 aromatic carbocycles. The third-order valence-corrected chi connectivity index (χ3v) is 3.45. The van der Waals surface area contributed by atoms with Gasteiger partial charge in [-0.05, 0) is 25.2 Å². The SMILES string of the molecule is CCN(CC)CCNC(=O)c1ccc(N)c(OC(C)=O)c1OC. The molecule has 128 valence electrons.